The number of anilines is 1. The van der Waals surface area contributed by atoms with Crippen LogP contribution in [0.5, 0.6) is 5.75 Å². The van der Waals surface area contributed by atoms with Gasteiger partial charge in [0.25, 0.3) is 11.7 Å². The summed E-state index contributed by atoms with van der Waals surface area (Å²) >= 11 is 19.1. The van der Waals surface area contributed by atoms with E-state index in [4.69, 9.17) is 39.5 Å². The Bertz CT molecular complexity index is 1400. The summed E-state index contributed by atoms with van der Waals surface area (Å²) in [5, 5.41) is 4.20. The summed E-state index contributed by atoms with van der Waals surface area (Å²) < 4.78 is 7.04. The molecule has 0 spiro atoms. The number of hydrogen-bond acceptors (Lipinski definition) is 4. The predicted molar refractivity (Wildman–Crippen MR) is 131 cm³/mol. The first kappa shape index (κ1) is 23.1. The van der Waals surface area contributed by atoms with Crippen molar-refractivity contribution in [1.29, 1.82) is 0 Å². The van der Waals surface area contributed by atoms with Gasteiger partial charge in [-0.2, -0.15) is 0 Å². The summed E-state index contributed by atoms with van der Waals surface area (Å²) in [6.45, 7) is 2.06. The van der Waals surface area contributed by atoms with Gasteiger partial charge in [0.1, 0.15) is 10.9 Å². The lowest BCUT2D eigenvalue weighted by atomic mass is 10.1. The number of rotatable bonds is 6. The second-order valence-corrected chi connectivity index (χ2v) is 8.54. The SMILES string of the molecule is COc1ccc2c(c1)c(C(=O)C(=O)Nc1ccnc(C)c1)c(Cl)n2Cc1ccc(Cl)cc1Cl. The van der Waals surface area contributed by atoms with Gasteiger partial charge < -0.3 is 14.6 Å². The molecule has 0 aliphatic heterocycles. The van der Waals surface area contributed by atoms with Crippen molar-refractivity contribution in [1.82, 2.24) is 9.55 Å². The van der Waals surface area contributed by atoms with Crippen molar-refractivity contribution in [3.8, 4) is 5.75 Å². The molecule has 6 nitrogen and oxygen atoms in total. The first-order valence-electron chi connectivity index (χ1n) is 9.86. The van der Waals surface area contributed by atoms with E-state index in [9.17, 15) is 9.59 Å². The average Bonchev–Trinajstić information content (AvgIpc) is 3.05. The number of pyridine rings is 1. The van der Waals surface area contributed by atoms with Crippen LogP contribution in [0.3, 0.4) is 0 Å². The molecule has 2 aromatic carbocycles. The minimum atomic E-state index is -0.811. The van der Waals surface area contributed by atoms with Crippen molar-refractivity contribution in [3.05, 3.63) is 86.7 Å². The van der Waals surface area contributed by atoms with Crippen LogP contribution >= 0.6 is 34.8 Å². The fourth-order valence-corrected chi connectivity index (χ4v) is 4.35. The minimum Gasteiger partial charge on any atom is -0.497 e. The van der Waals surface area contributed by atoms with Gasteiger partial charge in [0.2, 0.25) is 0 Å². The maximum atomic E-state index is 13.2. The van der Waals surface area contributed by atoms with Gasteiger partial charge in [-0.1, -0.05) is 40.9 Å². The van der Waals surface area contributed by atoms with Crippen LogP contribution < -0.4 is 10.1 Å². The number of benzene rings is 2. The number of fused-ring (bicyclic) bond motifs is 1. The second kappa shape index (κ2) is 9.43. The van der Waals surface area contributed by atoms with Gasteiger partial charge in [0.15, 0.2) is 0 Å². The number of carbonyl (C=O) groups is 2. The molecule has 0 bridgehead atoms. The number of halogens is 3. The smallest absolute Gasteiger partial charge is 0.296 e. The molecule has 4 aromatic rings. The predicted octanol–water partition coefficient (Wildman–Crippen LogP) is 6.18. The van der Waals surface area contributed by atoms with Crippen molar-refractivity contribution in [2.24, 2.45) is 0 Å². The summed E-state index contributed by atoms with van der Waals surface area (Å²) in [6, 6.07) is 13.6. The molecule has 9 heteroatoms. The van der Waals surface area contributed by atoms with Crippen LogP contribution in [-0.4, -0.2) is 28.4 Å². The number of nitrogens with zero attached hydrogens (tertiary/aromatic N) is 2. The lowest BCUT2D eigenvalue weighted by Gasteiger charge is -2.10. The zero-order valence-corrected chi connectivity index (χ0v) is 19.9. The highest BCUT2D eigenvalue weighted by Crippen LogP contribution is 2.35. The molecule has 1 amide bonds. The first-order valence-corrected chi connectivity index (χ1v) is 11.0. The molecular weight excluding hydrogens is 485 g/mol. The molecule has 0 atom stereocenters. The molecule has 168 valence electrons. The highest BCUT2D eigenvalue weighted by molar-refractivity contribution is 6.52. The lowest BCUT2D eigenvalue weighted by molar-refractivity contribution is -0.112. The van der Waals surface area contributed by atoms with Gasteiger partial charge >= 0.3 is 0 Å². The number of amides is 1. The van der Waals surface area contributed by atoms with Crippen LogP contribution in [0.1, 0.15) is 21.6 Å². The van der Waals surface area contributed by atoms with E-state index in [0.717, 1.165) is 5.56 Å². The quantitative estimate of drug-likeness (QED) is 0.252. The summed E-state index contributed by atoms with van der Waals surface area (Å²) in [5.74, 6) is -1.05. The van der Waals surface area contributed by atoms with E-state index < -0.39 is 11.7 Å². The number of hydrogen-bond donors (Lipinski definition) is 1. The molecule has 0 aliphatic rings. The summed E-state index contributed by atoms with van der Waals surface area (Å²) in [7, 11) is 1.52. The van der Waals surface area contributed by atoms with Crippen molar-refractivity contribution in [2.75, 3.05) is 12.4 Å². The van der Waals surface area contributed by atoms with E-state index >= 15 is 0 Å². The van der Waals surface area contributed by atoms with Gasteiger partial charge in [-0.25, -0.2) is 0 Å². The maximum Gasteiger partial charge on any atom is 0.296 e. The Morgan fingerprint density at radius 1 is 1.06 bits per heavy atom. The number of nitrogens with one attached hydrogen (secondary N) is 1. The van der Waals surface area contributed by atoms with Crippen LogP contribution in [0.4, 0.5) is 5.69 Å². The molecular formula is C24H18Cl3N3O3. The molecule has 0 radical (unpaired) electrons. The monoisotopic (exact) mass is 501 g/mol. The Morgan fingerprint density at radius 2 is 1.85 bits per heavy atom. The third-order valence-electron chi connectivity index (χ3n) is 5.14. The van der Waals surface area contributed by atoms with E-state index in [1.807, 2.05) is 0 Å². The Kier molecular flexibility index (Phi) is 6.61. The van der Waals surface area contributed by atoms with Crippen molar-refractivity contribution >= 4 is 63.1 Å². The number of aromatic nitrogens is 2. The van der Waals surface area contributed by atoms with Gasteiger partial charge in [0, 0.05) is 33.0 Å². The Morgan fingerprint density at radius 3 is 2.55 bits per heavy atom. The standard InChI is InChI=1S/C24H18Cl3N3O3/c1-13-9-16(7-8-28-13)29-24(32)22(31)21-18-11-17(33-2)5-6-20(18)30(23(21)27)12-14-3-4-15(25)10-19(14)26/h3-11H,12H2,1-2H3,(H,28,29,32). The number of methoxy groups -OCH3 is 1. The number of ketones is 1. The van der Waals surface area contributed by atoms with Crippen LogP contribution in [0.25, 0.3) is 10.9 Å². The number of aryl methyl sites for hydroxylation is 1. The third-order valence-corrected chi connectivity index (χ3v) is 6.12. The number of carbonyl (C=O) groups excluding carboxylic acids is 2. The Labute approximate surface area is 205 Å². The Balaban J connectivity index is 1.79. The molecule has 0 fully saturated rings. The average molecular weight is 503 g/mol. The van der Waals surface area contributed by atoms with E-state index in [-0.39, 0.29) is 17.3 Å². The molecule has 1 N–H and O–H groups in total. The van der Waals surface area contributed by atoms with Gasteiger partial charge in [0.05, 0.1) is 24.7 Å². The van der Waals surface area contributed by atoms with Gasteiger partial charge in [-0.3, -0.25) is 14.6 Å². The van der Waals surface area contributed by atoms with Crippen LogP contribution in [0.15, 0.2) is 54.7 Å². The van der Waals surface area contributed by atoms with Gasteiger partial charge in [-0.05, 0) is 55.0 Å². The second-order valence-electron chi connectivity index (χ2n) is 7.34. The van der Waals surface area contributed by atoms with Crippen molar-refractivity contribution < 1.29 is 14.3 Å². The zero-order chi connectivity index (χ0) is 23.7. The summed E-state index contributed by atoms with van der Waals surface area (Å²) in [5.41, 5.74) is 2.67. The first-order chi connectivity index (χ1) is 15.8. The molecule has 33 heavy (non-hydrogen) atoms. The van der Waals surface area contributed by atoms with Gasteiger partial charge in [-0.15, -0.1) is 0 Å². The highest BCUT2D eigenvalue weighted by Gasteiger charge is 2.27. The summed E-state index contributed by atoms with van der Waals surface area (Å²) in [4.78, 5) is 30.1. The van der Waals surface area contributed by atoms with Crippen LogP contribution in [-0.2, 0) is 11.3 Å². The van der Waals surface area contributed by atoms with Crippen LogP contribution in [0, 0.1) is 6.92 Å². The molecule has 4 rings (SSSR count). The normalized spacial score (nSPS) is 10.9. The number of ether oxygens (including phenoxy) is 1. The molecule has 2 heterocycles. The molecule has 2 aromatic heterocycles. The van der Waals surface area contributed by atoms with E-state index in [1.165, 1.54) is 7.11 Å². The zero-order valence-electron chi connectivity index (χ0n) is 17.7. The van der Waals surface area contributed by atoms with Crippen molar-refractivity contribution in [3.63, 3.8) is 0 Å². The van der Waals surface area contributed by atoms with E-state index in [1.54, 1.807) is 66.2 Å². The molecule has 0 unspecified atom stereocenters. The fraction of sp³-hybridized carbons (Fsp3) is 0.125. The number of Topliss-reactive ketones (excluding diaryl/α,β-unsaturated/α-hetero) is 1. The van der Waals surface area contributed by atoms with Crippen molar-refractivity contribution in [2.45, 2.75) is 13.5 Å². The third kappa shape index (κ3) is 4.69. The topological polar surface area (TPSA) is 73.2 Å². The minimum absolute atomic E-state index is 0.0823. The largest absolute Gasteiger partial charge is 0.497 e. The van der Waals surface area contributed by atoms with Crippen LogP contribution in [0.2, 0.25) is 15.2 Å². The summed E-state index contributed by atoms with van der Waals surface area (Å²) in [6.07, 6.45) is 1.55. The van der Waals surface area contributed by atoms with E-state index in [2.05, 4.69) is 10.3 Å². The van der Waals surface area contributed by atoms with E-state index in [0.29, 0.717) is 38.1 Å². The fourth-order valence-electron chi connectivity index (χ4n) is 3.55. The lowest BCUT2D eigenvalue weighted by Crippen LogP contribution is -2.23. The Hall–Kier alpha value is -3.06. The highest BCUT2D eigenvalue weighted by atomic mass is 35.5. The maximum absolute atomic E-state index is 13.2. The molecule has 0 aliphatic carbocycles. The molecule has 0 saturated heterocycles. The molecule has 0 saturated carbocycles.